The Balaban J connectivity index is 0.000000479. The molecule has 0 saturated heterocycles. The number of aromatic nitrogens is 3. The third-order valence-electron chi connectivity index (χ3n) is 7.33. The molecule has 4 heterocycles. The maximum atomic E-state index is 13.0. The van der Waals surface area contributed by atoms with Gasteiger partial charge in [-0.3, -0.25) is 14.3 Å². The number of rotatable bonds is 9. The van der Waals surface area contributed by atoms with Crippen molar-refractivity contribution < 1.29 is 22.2 Å². The monoisotopic (exact) mass is 638 g/mol. The smallest absolute Gasteiger partial charge is 0.304 e. The second-order valence-electron chi connectivity index (χ2n) is 10.4. The molecule has 1 aromatic carbocycles. The van der Waals surface area contributed by atoms with E-state index in [0.717, 1.165) is 73.8 Å². The number of fused-ring (bicyclic) bond motifs is 1. The summed E-state index contributed by atoms with van der Waals surface area (Å²) >= 11 is 1.04. The average molecular weight is 639 g/mol. The Labute approximate surface area is 261 Å². The van der Waals surface area contributed by atoms with E-state index in [2.05, 4.69) is 12.1 Å². The van der Waals surface area contributed by atoms with E-state index in [9.17, 15) is 17.8 Å². The molecule has 5 rings (SSSR count). The van der Waals surface area contributed by atoms with Crippen LogP contribution in [-0.2, 0) is 40.8 Å². The van der Waals surface area contributed by atoms with Crippen LogP contribution >= 0.6 is 11.3 Å². The second-order valence-corrected chi connectivity index (χ2v) is 13.2. The van der Waals surface area contributed by atoms with Gasteiger partial charge >= 0.3 is 10.1 Å². The van der Waals surface area contributed by atoms with E-state index in [1.54, 1.807) is 23.6 Å². The molecule has 0 amide bonds. The van der Waals surface area contributed by atoms with Crippen molar-refractivity contribution in [1.29, 1.82) is 0 Å². The lowest BCUT2D eigenvalue weighted by Crippen LogP contribution is -2.21. The highest BCUT2D eigenvalue weighted by molar-refractivity contribution is 7.88. The molecule has 0 bridgehead atoms. The Morgan fingerprint density at radius 2 is 1.77 bits per heavy atom. The summed E-state index contributed by atoms with van der Waals surface area (Å²) in [4.78, 5) is 18.5. The first-order valence-corrected chi connectivity index (χ1v) is 16.6. The minimum Gasteiger partial charge on any atom is -0.381 e. The van der Waals surface area contributed by atoms with Crippen LogP contribution in [-0.4, -0.2) is 34.3 Å². The van der Waals surface area contributed by atoms with Crippen LogP contribution in [0.2, 0.25) is 0 Å². The van der Waals surface area contributed by atoms with E-state index >= 15 is 0 Å². The molecule has 5 aromatic rings. The van der Waals surface area contributed by atoms with E-state index in [4.69, 9.17) is 20.0 Å². The maximum absolute atomic E-state index is 13.0. The third-order valence-corrected chi connectivity index (χ3v) is 9.74. The summed E-state index contributed by atoms with van der Waals surface area (Å²) < 4.78 is 45.9. The molecule has 12 heteroatoms. The van der Waals surface area contributed by atoms with E-state index in [1.165, 1.54) is 0 Å². The summed E-state index contributed by atoms with van der Waals surface area (Å²) in [5.41, 5.74) is 11.7. The number of benzene rings is 1. The molecule has 0 unspecified atom stereocenters. The van der Waals surface area contributed by atoms with Gasteiger partial charge in [-0.15, -0.1) is 11.3 Å². The minimum atomic E-state index is -4.37. The number of nitrogens with two attached hydrogens (primary N) is 1. The van der Waals surface area contributed by atoms with Gasteiger partial charge in [0.05, 0.1) is 18.7 Å². The number of aryl methyl sites for hydroxylation is 4. The quantitative estimate of drug-likeness (QED) is 0.178. The number of thiophene rings is 1. The molecular formula is C32H38N4O6S2. The van der Waals surface area contributed by atoms with Crippen LogP contribution in [0, 0.1) is 20.8 Å². The zero-order valence-electron chi connectivity index (χ0n) is 25.8. The maximum Gasteiger partial charge on any atom is 0.304 e. The number of nitrogens with zero attached hydrogens (tertiary/aromatic N) is 3. The largest absolute Gasteiger partial charge is 0.381 e. The molecule has 234 valence electrons. The summed E-state index contributed by atoms with van der Waals surface area (Å²) in [5, 5.41) is 4.48. The molecule has 0 aliphatic rings. The summed E-state index contributed by atoms with van der Waals surface area (Å²) in [5.74, 6) is 1.28. The first kappa shape index (κ1) is 33.1. The Kier molecular flexibility index (Phi) is 10.4. The van der Waals surface area contributed by atoms with Crippen molar-refractivity contribution in [2.75, 3.05) is 12.3 Å². The first-order valence-electron chi connectivity index (χ1n) is 14.4. The van der Waals surface area contributed by atoms with E-state index in [1.807, 2.05) is 58.0 Å². The van der Waals surface area contributed by atoms with Crippen molar-refractivity contribution in [3.8, 4) is 11.1 Å². The number of ether oxygens (including phenoxy) is 1. The van der Waals surface area contributed by atoms with Gasteiger partial charge < -0.3 is 19.6 Å². The van der Waals surface area contributed by atoms with Gasteiger partial charge in [0, 0.05) is 45.5 Å². The highest BCUT2D eigenvalue weighted by atomic mass is 32.3. The molecule has 0 aliphatic heterocycles. The van der Waals surface area contributed by atoms with Gasteiger partial charge in [0.25, 0.3) is 5.56 Å². The molecule has 0 radical (unpaired) electrons. The van der Waals surface area contributed by atoms with Gasteiger partial charge in [0.2, 0.25) is 0 Å². The zero-order chi connectivity index (χ0) is 32.2. The van der Waals surface area contributed by atoms with Crippen LogP contribution in [0.3, 0.4) is 0 Å². The molecule has 0 spiro atoms. The number of nitrogen functional groups attached to an aromatic ring is 1. The van der Waals surface area contributed by atoms with Crippen LogP contribution in [0.25, 0.3) is 22.0 Å². The standard InChI is InChI=1S/C27H30N2O5S2.C5H8N2O/c1-5-20-14-25-22(24(6-2)28-20)10-11-26(30)29(25)15-18-8-9-21(19(13-18)16-34-7-3)23-12-17(4)35-27(23)36(31,32)33;1-3-4(2)8-7-5(3)6/h8-14H,5-7,15-16H2,1-4H3,(H,31,32,33);1-2H3,(H2,6,7). The molecule has 3 N–H and O–H groups in total. The lowest BCUT2D eigenvalue weighted by molar-refractivity contribution is 0.134. The van der Waals surface area contributed by atoms with Gasteiger partial charge in [-0.05, 0) is 75.4 Å². The number of pyridine rings is 2. The van der Waals surface area contributed by atoms with Gasteiger partial charge in [-0.25, -0.2) is 0 Å². The Bertz CT molecular complexity index is 1940. The molecule has 4 aromatic heterocycles. The van der Waals surface area contributed by atoms with Crippen molar-refractivity contribution in [3.63, 3.8) is 0 Å². The van der Waals surface area contributed by atoms with Crippen molar-refractivity contribution in [3.05, 3.63) is 91.5 Å². The van der Waals surface area contributed by atoms with E-state index < -0.39 is 10.1 Å². The lowest BCUT2D eigenvalue weighted by Gasteiger charge is -2.16. The van der Waals surface area contributed by atoms with Crippen LogP contribution in [0.15, 0.2) is 56.0 Å². The first-order chi connectivity index (χ1) is 20.9. The van der Waals surface area contributed by atoms with Crippen molar-refractivity contribution in [2.45, 2.75) is 71.7 Å². The second kappa shape index (κ2) is 13.9. The Hall–Kier alpha value is -3.84. The van der Waals surface area contributed by atoms with Crippen molar-refractivity contribution in [1.82, 2.24) is 14.7 Å². The molecule has 0 fully saturated rings. The third kappa shape index (κ3) is 7.27. The number of hydrogen-bond acceptors (Lipinski definition) is 9. The molecule has 10 nitrogen and oxygen atoms in total. The Morgan fingerprint density at radius 3 is 2.34 bits per heavy atom. The summed E-state index contributed by atoms with van der Waals surface area (Å²) in [7, 11) is -4.37. The van der Waals surface area contributed by atoms with Crippen LogP contribution in [0.5, 0.6) is 0 Å². The van der Waals surface area contributed by atoms with E-state index in [-0.39, 0.29) is 16.4 Å². The van der Waals surface area contributed by atoms with E-state index in [0.29, 0.717) is 30.1 Å². The number of anilines is 1. The highest BCUT2D eigenvalue weighted by Gasteiger charge is 2.22. The average Bonchev–Trinajstić information content (AvgIpc) is 3.54. The fraction of sp³-hybridized carbons (Fsp3) is 0.344. The Morgan fingerprint density at radius 1 is 1.02 bits per heavy atom. The van der Waals surface area contributed by atoms with Crippen LogP contribution in [0.4, 0.5) is 5.82 Å². The zero-order valence-corrected chi connectivity index (χ0v) is 27.4. The van der Waals surface area contributed by atoms with Crippen molar-refractivity contribution >= 4 is 38.2 Å². The summed E-state index contributed by atoms with van der Waals surface area (Å²) in [6, 6.07) is 12.8. The fourth-order valence-corrected chi connectivity index (χ4v) is 6.87. The fourth-order valence-electron chi connectivity index (χ4n) is 4.86. The highest BCUT2D eigenvalue weighted by Crippen LogP contribution is 2.37. The minimum absolute atomic E-state index is 0.0811. The predicted octanol–water partition coefficient (Wildman–Crippen LogP) is 6.26. The lowest BCUT2D eigenvalue weighted by atomic mass is 9.99. The SMILES string of the molecule is CCOCc1cc(Cn2c(=O)ccc3c(CC)nc(CC)cc32)ccc1-c1cc(C)sc1S(=O)(=O)O.Cc1onc(N)c1C. The molecule has 44 heavy (non-hydrogen) atoms. The molecule has 0 atom stereocenters. The predicted molar refractivity (Wildman–Crippen MR) is 174 cm³/mol. The van der Waals surface area contributed by atoms with Gasteiger partial charge in [-0.2, -0.15) is 8.42 Å². The summed E-state index contributed by atoms with van der Waals surface area (Å²) in [6.45, 7) is 12.6. The molecular weight excluding hydrogens is 601 g/mol. The normalized spacial score (nSPS) is 11.5. The van der Waals surface area contributed by atoms with Gasteiger partial charge in [-0.1, -0.05) is 37.2 Å². The topological polar surface area (TPSA) is 151 Å². The van der Waals surface area contributed by atoms with Crippen LogP contribution in [0.1, 0.15) is 59.5 Å². The van der Waals surface area contributed by atoms with Gasteiger partial charge in [0.15, 0.2) is 10.0 Å². The van der Waals surface area contributed by atoms with Crippen molar-refractivity contribution in [2.24, 2.45) is 0 Å². The number of hydrogen-bond donors (Lipinski definition) is 2. The van der Waals surface area contributed by atoms with Gasteiger partial charge in [0.1, 0.15) is 5.76 Å². The molecule has 0 saturated carbocycles. The summed E-state index contributed by atoms with van der Waals surface area (Å²) in [6.07, 6.45) is 1.54. The molecule has 0 aliphatic carbocycles. The van der Waals surface area contributed by atoms with Crippen LogP contribution < -0.4 is 11.3 Å².